The van der Waals surface area contributed by atoms with E-state index >= 15 is 0 Å². The summed E-state index contributed by atoms with van der Waals surface area (Å²) in [6.45, 7) is 1.83. The van der Waals surface area contributed by atoms with Crippen LogP contribution in [0.25, 0.3) is 0 Å². The van der Waals surface area contributed by atoms with Crippen LogP contribution in [0.2, 0.25) is 0 Å². The lowest BCUT2D eigenvalue weighted by Gasteiger charge is -1.99. The highest BCUT2D eigenvalue weighted by Crippen LogP contribution is 2.10. The van der Waals surface area contributed by atoms with E-state index in [9.17, 15) is 10.1 Å². The Morgan fingerprint density at radius 1 is 1.37 bits per heavy atom. The van der Waals surface area contributed by atoms with Gasteiger partial charge in [-0.1, -0.05) is 0 Å². The Morgan fingerprint density at radius 3 is 2.58 bits per heavy atom. The third-order valence-corrected chi connectivity index (χ3v) is 2.57. The van der Waals surface area contributed by atoms with Crippen LogP contribution in [0.1, 0.15) is 11.4 Å². The van der Waals surface area contributed by atoms with Crippen molar-refractivity contribution >= 4 is 17.9 Å². The summed E-state index contributed by atoms with van der Waals surface area (Å²) in [5.41, 5.74) is 3.54. The molecule has 2 aromatic rings. The average molecular weight is 260 g/mol. The summed E-state index contributed by atoms with van der Waals surface area (Å²) in [7, 11) is 1.82. The smallest absolute Gasteiger partial charge is 0.269 e. The van der Waals surface area contributed by atoms with Crippen molar-refractivity contribution < 1.29 is 4.92 Å². The second kappa shape index (κ2) is 5.25. The summed E-state index contributed by atoms with van der Waals surface area (Å²) in [6, 6.07) is 6.08. The number of aryl methyl sites for hydroxylation is 1. The SMILES string of the molecule is Cc1nnc(NN=Cc2ccc([N+](=O)[O-])cc2)n1C. The van der Waals surface area contributed by atoms with Gasteiger partial charge in [0.1, 0.15) is 5.82 Å². The van der Waals surface area contributed by atoms with Crippen LogP contribution in [-0.2, 0) is 7.05 Å². The number of hydrazone groups is 1. The largest absolute Gasteiger partial charge is 0.299 e. The van der Waals surface area contributed by atoms with Gasteiger partial charge in [0, 0.05) is 19.2 Å². The number of rotatable bonds is 4. The molecule has 0 saturated heterocycles. The minimum Gasteiger partial charge on any atom is -0.299 e. The van der Waals surface area contributed by atoms with Crippen molar-refractivity contribution in [1.29, 1.82) is 0 Å². The maximum Gasteiger partial charge on any atom is 0.269 e. The summed E-state index contributed by atoms with van der Waals surface area (Å²) >= 11 is 0. The molecule has 98 valence electrons. The lowest BCUT2D eigenvalue weighted by atomic mass is 10.2. The van der Waals surface area contributed by atoms with Crippen molar-refractivity contribution in [2.24, 2.45) is 12.1 Å². The number of benzene rings is 1. The molecule has 1 N–H and O–H groups in total. The van der Waals surface area contributed by atoms with Gasteiger partial charge in [-0.25, -0.2) is 5.43 Å². The number of anilines is 1. The van der Waals surface area contributed by atoms with Gasteiger partial charge in [-0.2, -0.15) is 5.10 Å². The van der Waals surface area contributed by atoms with Crippen LogP contribution >= 0.6 is 0 Å². The molecule has 2 rings (SSSR count). The predicted molar refractivity (Wildman–Crippen MR) is 70.1 cm³/mol. The number of nitro benzene ring substituents is 1. The highest BCUT2D eigenvalue weighted by Gasteiger charge is 2.03. The highest BCUT2D eigenvalue weighted by molar-refractivity contribution is 5.80. The summed E-state index contributed by atoms with van der Waals surface area (Å²) in [4.78, 5) is 10.0. The van der Waals surface area contributed by atoms with E-state index in [2.05, 4.69) is 20.7 Å². The minimum atomic E-state index is -0.443. The third kappa shape index (κ3) is 2.92. The molecule has 0 radical (unpaired) electrons. The molecule has 0 fully saturated rings. The van der Waals surface area contributed by atoms with Crippen LogP contribution in [0, 0.1) is 17.0 Å². The number of hydrogen-bond acceptors (Lipinski definition) is 6. The summed E-state index contributed by atoms with van der Waals surface area (Å²) in [5.74, 6) is 1.30. The molecule has 0 amide bonds. The molecule has 0 aliphatic carbocycles. The van der Waals surface area contributed by atoms with Crippen molar-refractivity contribution in [1.82, 2.24) is 14.8 Å². The van der Waals surface area contributed by atoms with Gasteiger partial charge in [0.25, 0.3) is 5.69 Å². The van der Waals surface area contributed by atoms with Crippen molar-refractivity contribution in [2.45, 2.75) is 6.92 Å². The Balaban J connectivity index is 2.03. The molecular weight excluding hydrogens is 248 g/mol. The Kier molecular flexibility index (Phi) is 3.51. The van der Waals surface area contributed by atoms with E-state index < -0.39 is 4.92 Å². The fraction of sp³-hybridized carbons (Fsp3) is 0.182. The first-order chi connectivity index (χ1) is 9.08. The Hall–Kier alpha value is -2.77. The first kappa shape index (κ1) is 12.7. The quantitative estimate of drug-likeness (QED) is 0.510. The van der Waals surface area contributed by atoms with Gasteiger partial charge in [-0.3, -0.25) is 14.7 Å². The molecule has 0 spiro atoms. The molecule has 8 heteroatoms. The molecule has 1 heterocycles. The predicted octanol–water partition coefficient (Wildman–Crippen LogP) is 1.48. The second-order valence-corrected chi connectivity index (χ2v) is 3.85. The van der Waals surface area contributed by atoms with Crippen molar-refractivity contribution in [3.8, 4) is 0 Å². The molecule has 0 aliphatic heterocycles. The lowest BCUT2D eigenvalue weighted by molar-refractivity contribution is -0.384. The van der Waals surface area contributed by atoms with E-state index in [1.165, 1.54) is 12.1 Å². The van der Waals surface area contributed by atoms with Gasteiger partial charge in [0.2, 0.25) is 5.95 Å². The van der Waals surface area contributed by atoms with E-state index in [1.807, 2.05) is 14.0 Å². The molecule has 8 nitrogen and oxygen atoms in total. The van der Waals surface area contributed by atoms with Gasteiger partial charge < -0.3 is 0 Å². The fourth-order valence-corrected chi connectivity index (χ4v) is 1.35. The number of nitrogens with one attached hydrogen (secondary N) is 1. The number of nitrogens with zero attached hydrogens (tertiary/aromatic N) is 5. The number of aromatic nitrogens is 3. The van der Waals surface area contributed by atoms with Gasteiger partial charge in [-0.05, 0) is 24.6 Å². The Morgan fingerprint density at radius 2 is 2.05 bits per heavy atom. The number of nitro groups is 1. The first-order valence-electron chi connectivity index (χ1n) is 5.47. The molecular formula is C11H12N6O2. The van der Waals surface area contributed by atoms with Crippen LogP contribution in [0.15, 0.2) is 29.4 Å². The molecule has 0 aliphatic rings. The number of non-ortho nitro benzene ring substituents is 1. The standard InChI is InChI=1S/C11H12N6O2/c1-8-13-15-11(16(8)2)14-12-7-9-3-5-10(6-4-9)17(18)19/h3-7H,1-2H3,(H,14,15). The molecule has 0 saturated carbocycles. The number of hydrogen-bond donors (Lipinski definition) is 1. The fourth-order valence-electron chi connectivity index (χ4n) is 1.35. The highest BCUT2D eigenvalue weighted by atomic mass is 16.6. The van der Waals surface area contributed by atoms with Crippen LogP contribution in [-0.4, -0.2) is 25.9 Å². The maximum atomic E-state index is 10.5. The third-order valence-electron chi connectivity index (χ3n) is 2.57. The summed E-state index contributed by atoms with van der Waals surface area (Å²) in [5, 5.41) is 22.2. The van der Waals surface area contributed by atoms with Crippen LogP contribution in [0.5, 0.6) is 0 Å². The van der Waals surface area contributed by atoms with Gasteiger partial charge in [0.05, 0.1) is 11.1 Å². The van der Waals surface area contributed by atoms with E-state index in [0.717, 1.165) is 11.4 Å². The van der Waals surface area contributed by atoms with E-state index in [4.69, 9.17) is 0 Å². The molecule has 0 bridgehead atoms. The molecule has 1 aromatic heterocycles. The average Bonchev–Trinajstić information content (AvgIpc) is 2.71. The second-order valence-electron chi connectivity index (χ2n) is 3.85. The van der Waals surface area contributed by atoms with Gasteiger partial charge >= 0.3 is 0 Å². The molecule has 0 unspecified atom stereocenters. The Labute approximate surface area is 108 Å². The van der Waals surface area contributed by atoms with Crippen LogP contribution in [0.4, 0.5) is 11.6 Å². The molecule has 0 atom stereocenters. The van der Waals surface area contributed by atoms with E-state index in [0.29, 0.717) is 5.95 Å². The van der Waals surface area contributed by atoms with E-state index in [1.54, 1.807) is 22.9 Å². The van der Waals surface area contributed by atoms with E-state index in [-0.39, 0.29) is 5.69 Å². The van der Waals surface area contributed by atoms with Crippen LogP contribution in [0.3, 0.4) is 0 Å². The first-order valence-corrected chi connectivity index (χ1v) is 5.47. The molecule has 1 aromatic carbocycles. The monoisotopic (exact) mass is 260 g/mol. The van der Waals surface area contributed by atoms with Crippen molar-refractivity contribution in [3.63, 3.8) is 0 Å². The minimum absolute atomic E-state index is 0.0500. The van der Waals surface area contributed by atoms with Crippen molar-refractivity contribution in [2.75, 3.05) is 5.43 Å². The summed E-state index contributed by atoms with van der Waals surface area (Å²) < 4.78 is 1.76. The van der Waals surface area contributed by atoms with Crippen LogP contribution < -0.4 is 5.43 Å². The molecule has 19 heavy (non-hydrogen) atoms. The Bertz CT molecular complexity index is 617. The van der Waals surface area contributed by atoms with Gasteiger partial charge in [-0.15, -0.1) is 10.2 Å². The summed E-state index contributed by atoms with van der Waals surface area (Å²) in [6.07, 6.45) is 1.55. The zero-order chi connectivity index (χ0) is 13.8. The normalized spacial score (nSPS) is 10.8. The maximum absolute atomic E-state index is 10.5. The van der Waals surface area contributed by atoms with Gasteiger partial charge in [0.15, 0.2) is 0 Å². The van der Waals surface area contributed by atoms with Crippen molar-refractivity contribution in [3.05, 3.63) is 45.8 Å². The zero-order valence-corrected chi connectivity index (χ0v) is 10.4. The topological polar surface area (TPSA) is 98.2 Å². The zero-order valence-electron chi connectivity index (χ0n) is 10.4. The lowest BCUT2D eigenvalue weighted by Crippen LogP contribution is -2.00.